The molecule has 174 valence electrons. The van der Waals surface area contributed by atoms with E-state index in [2.05, 4.69) is 15.9 Å². The quantitative estimate of drug-likeness (QED) is 0.277. The number of carbonyl (C=O) groups is 1. The lowest BCUT2D eigenvalue weighted by Crippen LogP contribution is -2.38. The maximum Gasteiger partial charge on any atom is 0.266 e. The number of carbonyl (C=O) groups excluding carboxylic acids is 1. The molecule has 0 bridgehead atoms. The standard InChI is InChI=1S/C26H22BrClFN3O2/c1-3-23(31(4-2)25(33)16-9-11-17(27)12-10-16)24-30-22-8-6-5-7-19(22)26(34)32(24)18-13-14-21(29)20(28)15-18/h5-15,23H,3-4H2,1-2H3. The van der Waals surface area contributed by atoms with Gasteiger partial charge in [0, 0.05) is 16.6 Å². The van der Waals surface area contributed by atoms with E-state index < -0.39 is 11.9 Å². The monoisotopic (exact) mass is 541 g/mol. The molecular weight excluding hydrogens is 521 g/mol. The van der Waals surface area contributed by atoms with Crippen molar-refractivity contribution in [2.75, 3.05) is 6.54 Å². The van der Waals surface area contributed by atoms with Gasteiger partial charge in [0.2, 0.25) is 0 Å². The molecule has 0 aliphatic heterocycles. The maximum absolute atomic E-state index is 13.9. The minimum atomic E-state index is -0.582. The van der Waals surface area contributed by atoms with Crippen LogP contribution >= 0.6 is 27.5 Å². The smallest absolute Gasteiger partial charge is 0.266 e. The number of fused-ring (bicyclic) bond motifs is 1. The van der Waals surface area contributed by atoms with Gasteiger partial charge in [0.1, 0.15) is 11.6 Å². The molecule has 0 N–H and O–H groups in total. The van der Waals surface area contributed by atoms with Crippen molar-refractivity contribution in [3.8, 4) is 5.69 Å². The van der Waals surface area contributed by atoms with Crippen LogP contribution in [0.3, 0.4) is 0 Å². The Bertz CT molecular complexity index is 1420. The molecule has 0 saturated carbocycles. The molecule has 1 heterocycles. The second-order valence-electron chi connectivity index (χ2n) is 7.75. The van der Waals surface area contributed by atoms with E-state index in [4.69, 9.17) is 16.6 Å². The first-order chi connectivity index (χ1) is 16.3. The summed E-state index contributed by atoms with van der Waals surface area (Å²) in [4.78, 5) is 33.6. The van der Waals surface area contributed by atoms with Gasteiger partial charge in [-0.1, -0.05) is 46.6 Å². The molecule has 1 atom stereocenters. The van der Waals surface area contributed by atoms with Gasteiger partial charge in [-0.15, -0.1) is 0 Å². The van der Waals surface area contributed by atoms with Crippen LogP contribution in [-0.4, -0.2) is 26.9 Å². The van der Waals surface area contributed by atoms with Crippen molar-refractivity contribution in [2.24, 2.45) is 0 Å². The van der Waals surface area contributed by atoms with E-state index >= 15 is 0 Å². The Labute approximate surface area is 209 Å². The van der Waals surface area contributed by atoms with Crippen LogP contribution in [0.5, 0.6) is 0 Å². The fourth-order valence-electron chi connectivity index (χ4n) is 4.05. The highest BCUT2D eigenvalue weighted by Crippen LogP contribution is 2.28. The van der Waals surface area contributed by atoms with Crippen molar-refractivity contribution < 1.29 is 9.18 Å². The molecule has 8 heteroatoms. The Kier molecular flexibility index (Phi) is 7.14. The Balaban J connectivity index is 1.94. The topological polar surface area (TPSA) is 55.2 Å². The first kappa shape index (κ1) is 24.1. The molecule has 4 aromatic rings. The fraction of sp³-hybridized carbons (Fsp3) is 0.192. The third-order valence-corrected chi connectivity index (χ3v) is 6.54. The zero-order valence-corrected chi connectivity index (χ0v) is 21.0. The third-order valence-electron chi connectivity index (χ3n) is 5.72. The Morgan fingerprint density at radius 2 is 1.82 bits per heavy atom. The van der Waals surface area contributed by atoms with Crippen molar-refractivity contribution in [3.63, 3.8) is 0 Å². The minimum absolute atomic E-state index is 0.102. The molecule has 0 aliphatic rings. The van der Waals surface area contributed by atoms with Crippen LogP contribution in [0.25, 0.3) is 16.6 Å². The molecule has 1 amide bonds. The average Bonchev–Trinajstić information content (AvgIpc) is 2.84. The summed E-state index contributed by atoms with van der Waals surface area (Å²) < 4.78 is 16.2. The van der Waals surface area contributed by atoms with Crippen LogP contribution in [0.2, 0.25) is 5.02 Å². The summed E-state index contributed by atoms with van der Waals surface area (Å²) in [6.07, 6.45) is 0.510. The Morgan fingerprint density at radius 3 is 2.47 bits per heavy atom. The van der Waals surface area contributed by atoms with E-state index in [1.165, 1.54) is 22.8 Å². The van der Waals surface area contributed by atoms with E-state index in [1.807, 2.05) is 32.0 Å². The highest BCUT2D eigenvalue weighted by atomic mass is 79.9. The van der Waals surface area contributed by atoms with E-state index in [0.717, 1.165) is 4.47 Å². The lowest BCUT2D eigenvalue weighted by atomic mass is 10.1. The van der Waals surface area contributed by atoms with E-state index in [9.17, 15) is 14.0 Å². The molecule has 1 aromatic heterocycles. The first-order valence-electron chi connectivity index (χ1n) is 10.9. The average molecular weight is 543 g/mol. The number of rotatable bonds is 6. The molecule has 3 aromatic carbocycles. The van der Waals surface area contributed by atoms with Crippen molar-refractivity contribution in [2.45, 2.75) is 26.3 Å². The summed E-state index contributed by atoms with van der Waals surface area (Å²) in [6.45, 7) is 4.23. The van der Waals surface area contributed by atoms with Crippen LogP contribution in [0.15, 0.2) is 76.0 Å². The molecule has 0 spiro atoms. The second kappa shape index (κ2) is 10.1. The highest BCUT2D eigenvalue weighted by molar-refractivity contribution is 9.10. The van der Waals surface area contributed by atoms with Gasteiger partial charge in [-0.25, -0.2) is 9.37 Å². The van der Waals surface area contributed by atoms with Crippen LogP contribution < -0.4 is 5.56 Å². The van der Waals surface area contributed by atoms with Gasteiger partial charge in [0.25, 0.3) is 11.5 Å². The zero-order chi connectivity index (χ0) is 24.4. The lowest BCUT2D eigenvalue weighted by Gasteiger charge is -2.31. The van der Waals surface area contributed by atoms with E-state index in [1.54, 1.807) is 35.2 Å². The summed E-state index contributed by atoms with van der Waals surface area (Å²) in [7, 11) is 0. The largest absolute Gasteiger partial charge is 0.329 e. The number of halogens is 3. The highest BCUT2D eigenvalue weighted by Gasteiger charge is 2.29. The minimum Gasteiger partial charge on any atom is -0.329 e. The predicted octanol–water partition coefficient (Wildman–Crippen LogP) is 6.55. The normalized spacial score (nSPS) is 12.0. The molecule has 34 heavy (non-hydrogen) atoms. The summed E-state index contributed by atoms with van der Waals surface area (Å²) in [5.41, 5.74) is 1.13. The SMILES string of the molecule is CCC(c1nc2ccccc2c(=O)n1-c1ccc(F)c(Cl)c1)N(CC)C(=O)c1ccc(Br)cc1. The van der Waals surface area contributed by atoms with Crippen molar-refractivity contribution >= 4 is 44.3 Å². The van der Waals surface area contributed by atoms with Crippen molar-refractivity contribution in [1.29, 1.82) is 0 Å². The lowest BCUT2D eigenvalue weighted by molar-refractivity contribution is 0.0672. The molecule has 0 radical (unpaired) electrons. The predicted molar refractivity (Wildman–Crippen MR) is 136 cm³/mol. The molecular formula is C26H22BrClFN3O2. The molecule has 1 unspecified atom stereocenters. The summed E-state index contributed by atoms with van der Waals surface area (Å²) in [6, 6.07) is 17.8. The maximum atomic E-state index is 13.9. The zero-order valence-electron chi connectivity index (χ0n) is 18.6. The number of para-hydroxylation sites is 1. The fourth-order valence-corrected chi connectivity index (χ4v) is 4.49. The molecule has 0 fully saturated rings. The van der Waals surface area contributed by atoms with Gasteiger partial charge in [0.05, 0.1) is 27.7 Å². The number of nitrogens with zero attached hydrogens (tertiary/aromatic N) is 3. The number of aromatic nitrogens is 2. The van der Waals surface area contributed by atoms with Gasteiger partial charge >= 0.3 is 0 Å². The Morgan fingerprint density at radius 1 is 1.12 bits per heavy atom. The van der Waals surface area contributed by atoms with Gasteiger partial charge in [-0.05, 0) is 67.9 Å². The van der Waals surface area contributed by atoms with Gasteiger partial charge in [0.15, 0.2) is 0 Å². The van der Waals surface area contributed by atoms with Crippen LogP contribution in [-0.2, 0) is 0 Å². The van der Waals surface area contributed by atoms with Gasteiger partial charge < -0.3 is 4.90 Å². The number of benzene rings is 3. The number of hydrogen-bond acceptors (Lipinski definition) is 3. The molecule has 0 saturated heterocycles. The van der Waals surface area contributed by atoms with Crippen LogP contribution in [0.4, 0.5) is 4.39 Å². The first-order valence-corrected chi connectivity index (χ1v) is 12.1. The second-order valence-corrected chi connectivity index (χ2v) is 9.07. The van der Waals surface area contributed by atoms with E-state index in [-0.39, 0.29) is 16.5 Å². The van der Waals surface area contributed by atoms with Crippen molar-refractivity contribution in [1.82, 2.24) is 14.5 Å². The summed E-state index contributed by atoms with van der Waals surface area (Å²) >= 11 is 9.45. The molecule has 5 nitrogen and oxygen atoms in total. The van der Waals surface area contributed by atoms with Gasteiger partial charge in [-0.2, -0.15) is 0 Å². The van der Waals surface area contributed by atoms with Crippen LogP contribution in [0.1, 0.15) is 42.5 Å². The van der Waals surface area contributed by atoms with Crippen molar-refractivity contribution in [3.05, 3.63) is 104 Å². The molecule has 4 rings (SSSR count). The van der Waals surface area contributed by atoms with E-state index in [0.29, 0.717) is 40.9 Å². The third kappa shape index (κ3) is 4.50. The van der Waals surface area contributed by atoms with Gasteiger partial charge in [-0.3, -0.25) is 14.2 Å². The molecule has 0 aliphatic carbocycles. The van der Waals surface area contributed by atoms with Crippen LogP contribution in [0, 0.1) is 5.82 Å². The summed E-state index contributed by atoms with van der Waals surface area (Å²) in [5.74, 6) is -0.365. The Hall–Kier alpha value is -3.03. The summed E-state index contributed by atoms with van der Waals surface area (Å²) in [5, 5.41) is 0.318. The number of amides is 1. The number of hydrogen-bond donors (Lipinski definition) is 0.